The standard InChI is InChI=1S/C28H37N3O2S2/c1-3-29(4-2)21-12-10-18(11-13-21)23-24-19-8-9-20(16-19)25(24)34-27-26(23)35-28(33)31(27)17-22(32)30-14-6-5-7-15-30/h10-13,19-20,23-25H,3-9,14-17H2,1-2H3/t19?,20?,23-,24?,25?/m0/s1. The summed E-state index contributed by atoms with van der Waals surface area (Å²) in [6.45, 7) is 8.29. The minimum atomic E-state index is 0.0462. The number of nitrogens with zero attached hydrogens (tertiary/aromatic N) is 3. The number of amides is 1. The van der Waals surface area contributed by atoms with Crippen LogP contribution in [0.2, 0.25) is 0 Å². The van der Waals surface area contributed by atoms with E-state index < -0.39 is 0 Å². The topological polar surface area (TPSA) is 45.6 Å². The van der Waals surface area contributed by atoms with Gasteiger partial charge in [0, 0.05) is 47.9 Å². The van der Waals surface area contributed by atoms with E-state index in [9.17, 15) is 9.59 Å². The number of carbonyl (C=O) groups is 1. The van der Waals surface area contributed by atoms with Gasteiger partial charge in [0.15, 0.2) is 0 Å². The van der Waals surface area contributed by atoms with E-state index in [-0.39, 0.29) is 23.2 Å². The predicted octanol–water partition coefficient (Wildman–Crippen LogP) is 5.42. The molecule has 1 aromatic heterocycles. The third-order valence-corrected chi connectivity index (χ3v) is 11.9. The zero-order valence-electron chi connectivity index (χ0n) is 20.9. The summed E-state index contributed by atoms with van der Waals surface area (Å²) in [5.41, 5.74) is 2.62. The van der Waals surface area contributed by atoms with Gasteiger partial charge in [-0.15, -0.1) is 11.8 Å². The third kappa shape index (κ3) is 4.07. The number of rotatable bonds is 6. The Kier molecular flexibility index (Phi) is 6.50. The smallest absolute Gasteiger partial charge is 0.308 e. The number of anilines is 1. The molecule has 2 aromatic rings. The Morgan fingerprint density at radius 3 is 2.46 bits per heavy atom. The van der Waals surface area contributed by atoms with E-state index in [1.165, 1.54) is 53.1 Å². The minimum Gasteiger partial charge on any atom is -0.372 e. The molecular weight excluding hydrogens is 474 g/mol. The molecule has 4 unspecified atom stereocenters. The number of hydrogen-bond acceptors (Lipinski definition) is 5. The maximum atomic E-state index is 13.3. The van der Waals surface area contributed by atoms with E-state index in [4.69, 9.17) is 0 Å². The Bertz CT molecular complexity index is 1130. The van der Waals surface area contributed by atoms with Crippen molar-refractivity contribution < 1.29 is 4.79 Å². The zero-order chi connectivity index (χ0) is 24.1. The molecule has 0 N–H and O–H groups in total. The second-order valence-corrected chi connectivity index (χ2v) is 13.0. The van der Waals surface area contributed by atoms with Gasteiger partial charge >= 0.3 is 4.87 Å². The average molecular weight is 512 g/mol. The van der Waals surface area contributed by atoms with Crippen molar-refractivity contribution in [1.29, 1.82) is 0 Å². The van der Waals surface area contributed by atoms with Crippen LogP contribution in [-0.4, -0.2) is 46.8 Å². The fourth-order valence-electron chi connectivity index (χ4n) is 7.32. The molecule has 1 amide bonds. The third-order valence-electron chi connectivity index (χ3n) is 9.07. The van der Waals surface area contributed by atoms with Crippen molar-refractivity contribution in [3.8, 4) is 0 Å². The molecule has 5 atom stereocenters. The van der Waals surface area contributed by atoms with E-state index in [2.05, 4.69) is 43.0 Å². The molecule has 5 nitrogen and oxygen atoms in total. The Balaban J connectivity index is 1.37. The molecule has 3 heterocycles. The Hall–Kier alpha value is -1.73. The molecule has 2 bridgehead atoms. The maximum absolute atomic E-state index is 13.3. The molecule has 2 saturated carbocycles. The number of carbonyl (C=O) groups excluding carboxylic acids is 1. The van der Waals surface area contributed by atoms with E-state index in [0.29, 0.717) is 11.2 Å². The molecule has 0 spiro atoms. The zero-order valence-corrected chi connectivity index (χ0v) is 22.6. The fourth-order valence-corrected chi connectivity index (χ4v) is 10.5. The van der Waals surface area contributed by atoms with Crippen LogP contribution in [0.25, 0.3) is 0 Å². The Morgan fingerprint density at radius 1 is 1.03 bits per heavy atom. The Morgan fingerprint density at radius 2 is 1.74 bits per heavy atom. The molecule has 7 heteroatoms. The summed E-state index contributed by atoms with van der Waals surface area (Å²) in [7, 11) is 0. The van der Waals surface area contributed by atoms with E-state index in [1.807, 2.05) is 21.2 Å². The number of fused-ring (bicyclic) bond motifs is 6. The normalized spacial score (nSPS) is 29.2. The highest BCUT2D eigenvalue weighted by Crippen LogP contribution is 2.64. The van der Waals surface area contributed by atoms with Gasteiger partial charge in [-0.2, -0.15) is 0 Å². The molecule has 2 aliphatic heterocycles. The second kappa shape index (κ2) is 9.62. The van der Waals surface area contributed by atoms with Gasteiger partial charge in [0.25, 0.3) is 0 Å². The maximum Gasteiger partial charge on any atom is 0.308 e. The first kappa shape index (κ1) is 23.7. The SMILES string of the molecule is CCN(CC)c1ccc([C@@H]2c3sc(=O)n(CC(=O)N4CCCCC4)c3SC3C4CCC(C4)C32)cc1. The van der Waals surface area contributed by atoms with E-state index in [1.54, 1.807) is 0 Å². The summed E-state index contributed by atoms with van der Waals surface area (Å²) in [5.74, 6) is 2.51. The van der Waals surface area contributed by atoms with Crippen LogP contribution in [0.4, 0.5) is 5.69 Å². The number of likely N-dealkylation sites (tertiary alicyclic amines) is 1. The van der Waals surface area contributed by atoms with Crippen LogP contribution in [0, 0.1) is 17.8 Å². The number of benzene rings is 1. The van der Waals surface area contributed by atoms with Crippen LogP contribution in [0.15, 0.2) is 34.1 Å². The number of aromatic nitrogens is 1. The van der Waals surface area contributed by atoms with Gasteiger partial charge in [-0.1, -0.05) is 23.5 Å². The van der Waals surface area contributed by atoms with Crippen molar-refractivity contribution in [2.24, 2.45) is 17.8 Å². The lowest BCUT2D eigenvalue weighted by Crippen LogP contribution is -2.39. The molecule has 188 valence electrons. The molecule has 4 aliphatic rings. The van der Waals surface area contributed by atoms with Gasteiger partial charge in [0.1, 0.15) is 6.54 Å². The molecule has 0 radical (unpaired) electrons. The van der Waals surface area contributed by atoms with Crippen LogP contribution in [0.5, 0.6) is 0 Å². The van der Waals surface area contributed by atoms with Crippen LogP contribution in [0.1, 0.15) is 68.7 Å². The van der Waals surface area contributed by atoms with Crippen molar-refractivity contribution in [2.75, 3.05) is 31.1 Å². The highest BCUT2D eigenvalue weighted by atomic mass is 32.2. The molecule has 2 aliphatic carbocycles. The van der Waals surface area contributed by atoms with Gasteiger partial charge in [-0.25, -0.2) is 0 Å². The van der Waals surface area contributed by atoms with Crippen LogP contribution >= 0.6 is 23.1 Å². The monoisotopic (exact) mass is 511 g/mol. The molecule has 1 saturated heterocycles. The molecular formula is C28H37N3O2S2. The lowest BCUT2D eigenvalue weighted by molar-refractivity contribution is -0.132. The quantitative estimate of drug-likeness (QED) is 0.520. The van der Waals surface area contributed by atoms with Crippen LogP contribution in [0.3, 0.4) is 0 Å². The van der Waals surface area contributed by atoms with Crippen molar-refractivity contribution in [3.05, 3.63) is 44.4 Å². The fraction of sp³-hybridized carbons (Fsp3) is 0.643. The summed E-state index contributed by atoms with van der Waals surface area (Å²) >= 11 is 3.34. The lowest BCUT2D eigenvalue weighted by Gasteiger charge is -2.40. The van der Waals surface area contributed by atoms with Crippen molar-refractivity contribution in [2.45, 2.75) is 75.1 Å². The van der Waals surface area contributed by atoms with Crippen LogP contribution < -0.4 is 9.77 Å². The van der Waals surface area contributed by atoms with Gasteiger partial charge in [-0.05, 0) is 87.8 Å². The van der Waals surface area contributed by atoms with Gasteiger partial charge in [0.05, 0.1) is 5.03 Å². The van der Waals surface area contributed by atoms with E-state index >= 15 is 0 Å². The van der Waals surface area contributed by atoms with E-state index in [0.717, 1.165) is 55.9 Å². The number of thiazole rings is 1. The average Bonchev–Trinajstić information content (AvgIpc) is 3.59. The van der Waals surface area contributed by atoms with Gasteiger partial charge < -0.3 is 9.80 Å². The molecule has 1 aromatic carbocycles. The lowest BCUT2D eigenvalue weighted by atomic mass is 9.75. The summed E-state index contributed by atoms with van der Waals surface area (Å²) in [5, 5.41) is 1.66. The highest BCUT2D eigenvalue weighted by molar-refractivity contribution is 8.00. The summed E-state index contributed by atoms with van der Waals surface area (Å²) in [4.78, 5) is 32.1. The predicted molar refractivity (Wildman–Crippen MR) is 145 cm³/mol. The van der Waals surface area contributed by atoms with Crippen LogP contribution in [-0.2, 0) is 11.3 Å². The molecule has 3 fully saturated rings. The number of piperidine rings is 1. The number of hydrogen-bond donors (Lipinski definition) is 0. The first-order valence-electron chi connectivity index (χ1n) is 13.6. The highest BCUT2D eigenvalue weighted by Gasteiger charge is 2.55. The van der Waals surface area contributed by atoms with Crippen molar-refractivity contribution >= 4 is 34.7 Å². The Labute approximate surface area is 216 Å². The molecule has 6 rings (SSSR count). The summed E-state index contributed by atoms with van der Waals surface area (Å²) < 4.78 is 1.83. The largest absolute Gasteiger partial charge is 0.372 e. The number of thioether (sulfide) groups is 1. The van der Waals surface area contributed by atoms with Crippen molar-refractivity contribution in [3.63, 3.8) is 0 Å². The second-order valence-electron chi connectivity index (χ2n) is 10.8. The summed E-state index contributed by atoms with van der Waals surface area (Å²) in [6.07, 6.45) is 7.35. The first-order chi connectivity index (χ1) is 17.1. The summed E-state index contributed by atoms with van der Waals surface area (Å²) in [6, 6.07) is 9.17. The minimum absolute atomic E-state index is 0.0462. The first-order valence-corrected chi connectivity index (χ1v) is 15.3. The van der Waals surface area contributed by atoms with Gasteiger partial charge in [-0.3, -0.25) is 14.2 Å². The van der Waals surface area contributed by atoms with Crippen molar-refractivity contribution in [1.82, 2.24) is 9.47 Å². The van der Waals surface area contributed by atoms with Gasteiger partial charge in [0.2, 0.25) is 5.91 Å². The molecule has 35 heavy (non-hydrogen) atoms.